The number of hydrogen-bond donors (Lipinski definition) is 0. The average molecular weight is 247 g/mol. The number of carbonyl (C=O) groups is 2. The molecule has 4 heteroatoms. The van der Waals surface area contributed by atoms with E-state index in [9.17, 15) is 9.59 Å². The molecule has 7 unspecified atom stereocenters. The summed E-state index contributed by atoms with van der Waals surface area (Å²) < 4.78 is 5.58. The quantitative estimate of drug-likeness (QED) is 0.415. The van der Waals surface area contributed by atoms with Gasteiger partial charge in [0.15, 0.2) is 0 Å². The summed E-state index contributed by atoms with van der Waals surface area (Å²) >= 11 is 0. The zero-order valence-corrected chi connectivity index (χ0v) is 10.6. The van der Waals surface area contributed by atoms with Gasteiger partial charge in [0.25, 0.3) is 0 Å². The van der Waals surface area contributed by atoms with Crippen molar-refractivity contribution < 1.29 is 14.3 Å². The second kappa shape index (κ2) is 3.23. The third kappa shape index (κ3) is 1.06. The van der Waals surface area contributed by atoms with Crippen LogP contribution in [0, 0.1) is 23.7 Å². The summed E-state index contributed by atoms with van der Waals surface area (Å²) in [6.45, 7) is 3.82. The second-order valence-corrected chi connectivity index (χ2v) is 5.99. The maximum absolute atomic E-state index is 12.5. The first kappa shape index (κ1) is 10.7. The summed E-state index contributed by atoms with van der Waals surface area (Å²) in [5, 5.41) is 0. The van der Waals surface area contributed by atoms with E-state index in [0.29, 0.717) is 11.8 Å². The Morgan fingerprint density at radius 2 is 1.78 bits per heavy atom. The Morgan fingerprint density at radius 3 is 2.28 bits per heavy atom. The van der Waals surface area contributed by atoms with Crippen molar-refractivity contribution in [2.24, 2.45) is 23.7 Å². The van der Waals surface area contributed by atoms with E-state index in [2.05, 4.69) is 0 Å². The lowest BCUT2D eigenvalue weighted by molar-refractivity contribution is -0.142. The summed E-state index contributed by atoms with van der Waals surface area (Å²) in [6.07, 6.45) is 5.40. The third-order valence-corrected chi connectivity index (χ3v) is 5.18. The van der Waals surface area contributed by atoms with Crippen molar-refractivity contribution in [3.63, 3.8) is 0 Å². The van der Waals surface area contributed by atoms with Crippen LogP contribution in [-0.4, -0.2) is 35.0 Å². The summed E-state index contributed by atoms with van der Waals surface area (Å²) in [7, 11) is 0. The second-order valence-electron chi connectivity index (χ2n) is 5.99. The highest BCUT2D eigenvalue weighted by atomic mass is 16.6. The molecule has 2 saturated carbocycles. The van der Waals surface area contributed by atoms with Crippen LogP contribution >= 0.6 is 0 Å². The monoisotopic (exact) mass is 247 g/mol. The maximum atomic E-state index is 12.5. The fourth-order valence-corrected chi connectivity index (χ4v) is 4.51. The molecule has 18 heavy (non-hydrogen) atoms. The van der Waals surface area contributed by atoms with Crippen molar-refractivity contribution in [2.75, 3.05) is 0 Å². The van der Waals surface area contributed by atoms with E-state index >= 15 is 0 Å². The van der Waals surface area contributed by atoms with Gasteiger partial charge in [0.2, 0.25) is 11.8 Å². The summed E-state index contributed by atoms with van der Waals surface area (Å²) in [5.41, 5.74) is 0. The number of amides is 2. The molecular weight excluding hydrogens is 230 g/mol. The van der Waals surface area contributed by atoms with Crippen LogP contribution in [0.3, 0.4) is 0 Å². The summed E-state index contributed by atoms with van der Waals surface area (Å²) in [5.74, 6) is 0.528. The van der Waals surface area contributed by atoms with Crippen LogP contribution in [0.15, 0.2) is 12.2 Å². The molecule has 4 fully saturated rings. The zero-order valence-electron chi connectivity index (χ0n) is 10.6. The molecule has 0 aromatic rings. The number of fused-ring (bicyclic) bond motifs is 8. The number of epoxide rings is 1. The van der Waals surface area contributed by atoms with Gasteiger partial charge in [-0.1, -0.05) is 12.2 Å². The van der Waals surface area contributed by atoms with E-state index < -0.39 is 0 Å². The van der Waals surface area contributed by atoms with Crippen LogP contribution in [0.2, 0.25) is 0 Å². The first-order chi connectivity index (χ1) is 8.65. The van der Waals surface area contributed by atoms with Gasteiger partial charge < -0.3 is 4.74 Å². The predicted molar refractivity (Wildman–Crippen MR) is 63.4 cm³/mol. The smallest absolute Gasteiger partial charge is 0.234 e. The molecule has 4 rings (SSSR count). The van der Waals surface area contributed by atoms with Crippen LogP contribution in [0.1, 0.15) is 20.3 Å². The molecule has 4 aliphatic rings. The number of allylic oxidation sites excluding steroid dienone is 1. The molecule has 2 aliphatic heterocycles. The van der Waals surface area contributed by atoms with Gasteiger partial charge in [0.1, 0.15) is 0 Å². The Balaban J connectivity index is 1.68. The van der Waals surface area contributed by atoms with Gasteiger partial charge >= 0.3 is 0 Å². The van der Waals surface area contributed by atoms with Gasteiger partial charge in [-0.15, -0.1) is 0 Å². The number of likely N-dealkylation sites (tertiary alicyclic amines) is 1. The van der Waals surface area contributed by atoms with Crippen LogP contribution in [0.5, 0.6) is 0 Å². The van der Waals surface area contributed by atoms with Gasteiger partial charge in [0.05, 0.1) is 30.1 Å². The highest BCUT2D eigenvalue weighted by Gasteiger charge is 2.73. The van der Waals surface area contributed by atoms with E-state index in [-0.39, 0.29) is 41.9 Å². The summed E-state index contributed by atoms with van der Waals surface area (Å²) in [4.78, 5) is 26.5. The number of hydrogen-bond acceptors (Lipinski definition) is 3. The molecule has 2 heterocycles. The van der Waals surface area contributed by atoms with E-state index in [1.165, 1.54) is 4.90 Å². The number of carbonyl (C=O) groups excluding carboxylic acids is 2. The Labute approximate surface area is 106 Å². The molecule has 2 aliphatic carbocycles. The topological polar surface area (TPSA) is 49.9 Å². The molecule has 2 saturated heterocycles. The predicted octanol–water partition coefficient (Wildman–Crippen LogP) is 0.969. The van der Waals surface area contributed by atoms with Gasteiger partial charge in [-0.05, 0) is 20.3 Å². The van der Waals surface area contributed by atoms with Crippen LogP contribution in [0.25, 0.3) is 0 Å². The van der Waals surface area contributed by atoms with Crippen molar-refractivity contribution in [3.8, 4) is 0 Å². The molecule has 0 radical (unpaired) electrons. The lowest BCUT2D eigenvalue weighted by atomic mass is 9.81. The first-order valence-electron chi connectivity index (χ1n) is 6.80. The lowest BCUT2D eigenvalue weighted by Gasteiger charge is -2.22. The van der Waals surface area contributed by atoms with Crippen molar-refractivity contribution in [3.05, 3.63) is 12.2 Å². The van der Waals surface area contributed by atoms with E-state index in [1.54, 1.807) is 0 Å². The molecule has 0 N–H and O–H groups in total. The SMILES string of the molecule is C/C=C\C(C)N1C(=O)C2C3CC(C4OC34)C2C1=O. The molecule has 4 nitrogen and oxygen atoms in total. The Morgan fingerprint density at radius 1 is 1.22 bits per heavy atom. The standard InChI is InChI=1S/C14H17NO3/c1-3-4-6(2)15-13(16)9-7-5-8(10(9)14(15)17)12-11(7)18-12/h3-4,6-12H,5H2,1-2H3/b4-3-. The van der Waals surface area contributed by atoms with Crippen molar-refractivity contribution in [2.45, 2.75) is 38.5 Å². The highest BCUT2D eigenvalue weighted by molar-refractivity contribution is 6.06. The normalized spacial score (nSPS) is 50.0. The molecule has 0 aromatic carbocycles. The van der Waals surface area contributed by atoms with Gasteiger partial charge in [0, 0.05) is 11.8 Å². The van der Waals surface area contributed by atoms with Gasteiger partial charge in [-0.25, -0.2) is 0 Å². The van der Waals surface area contributed by atoms with Crippen molar-refractivity contribution in [1.29, 1.82) is 0 Å². The fourth-order valence-electron chi connectivity index (χ4n) is 4.51. The molecule has 96 valence electrons. The largest absolute Gasteiger partial charge is 0.369 e. The number of nitrogens with zero attached hydrogens (tertiary/aromatic N) is 1. The molecule has 7 atom stereocenters. The van der Waals surface area contributed by atoms with E-state index in [4.69, 9.17) is 4.74 Å². The van der Waals surface area contributed by atoms with E-state index in [1.807, 2.05) is 26.0 Å². The minimum absolute atomic E-state index is 0.0389. The number of ether oxygens (including phenoxy) is 1. The number of imide groups is 1. The Kier molecular flexibility index (Phi) is 1.93. The highest BCUT2D eigenvalue weighted by Crippen LogP contribution is 2.64. The number of rotatable bonds is 2. The molecular formula is C14H17NO3. The molecule has 2 bridgehead atoms. The van der Waals surface area contributed by atoms with Crippen LogP contribution in [-0.2, 0) is 14.3 Å². The average Bonchev–Trinajstić information content (AvgIpc) is 2.84. The molecule has 2 amide bonds. The molecule has 0 spiro atoms. The van der Waals surface area contributed by atoms with Crippen LogP contribution in [0.4, 0.5) is 0 Å². The van der Waals surface area contributed by atoms with Crippen molar-refractivity contribution in [1.82, 2.24) is 4.90 Å². The third-order valence-electron chi connectivity index (χ3n) is 5.18. The van der Waals surface area contributed by atoms with Crippen molar-refractivity contribution >= 4 is 11.8 Å². The summed E-state index contributed by atoms with van der Waals surface area (Å²) in [6, 6.07) is -0.114. The molecule has 0 aromatic heterocycles. The minimum atomic E-state index is -0.114. The van der Waals surface area contributed by atoms with E-state index in [0.717, 1.165) is 6.42 Å². The Bertz CT molecular complexity index is 440. The van der Waals surface area contributed by atoms with Crippen LogP contribution < -0.4 is 0 Å². The maximum Gasteiger partial charge on any atom is 0.234 e. The fraction of sp³-hybridized carbons (Fsp3) is 0.714. The van der Waals surface area contributed by atoms with Gasteiger partial charge in [-0.3, -0.25) is 14.5 Å². The Hall–Kier alpha value is -1.16. The first-order valence-corrected chi connectivity index (χ1v) is 6.80. The van der Waals surface area contributed by atoms with Gasteiger partial charge in [-0.2, -0.15) is 0 Å². The lowest BCUT2D eigenvalue weighted by Crippen LogP contribution is -2.39. The zero-order chi connectivity index (χ0) is 12.6. The minimum Gasteiger partial charge on any atom is -0.369 e.